The fourth-order valence-corrected chi connectivity index (χ4v) is 4.91. The Balaban J connectivity index is 1.56. The van der Waals surface area contributed by atoms with Crippen molar-refractivity contribution in [2.24, 2.45) is 0 Å². The van der Waals surface area contributed by atoms with Crippen molar-refractivity contribution in [3.05, 3.63) is 93.5 Å². The largest absolute Gasteiger partial charge is 0.485 e. The van der Waals surface area contributed by atoms with Gasteiger partial charge in [-0.25, -0.2) is 9.59 Å². The molecule has 1 fully saturated rings. The van der Waals surface area contributed by atoms with Crippen LogP contribution < -0.4 is 9.47 Å². The number of amides is 1. The maximum atomic E-state index is 13.3. The number of rotatable bonds is 9. The highest BCUT2D eigenvalue weighted by Gasteiger charge is 2.38. The first-order valence-electron chi connectivity index (χ1n) is 13.6. The summed E-state index contributed by atoms with van der Waals surface area (Å²) in [5.41, 5.74) is 1.56. The number of likely N-dealkylation sites (tertiary alicyclic amines) is 1. The van der Waals surface area contributed by atoms with E-state index in [2.05, 4.69) is 0 Å². The smallest absolute Gasteiger partial charge is 0.411 e. The first kappa shape index (κ1) is 30.5. The Morgan fingerprint density at radius 2 is 1.51 bits per heavy atom. The fourth-order valence-electron chi connectivity index (χ4n) is 4.52. The summed E-state index contributed by atoms with van der Waals surface area (Å²) in [5, 5.41) is 1.17. The van der Waals surface area contributed by atoms with Crippen LogP contribution in [0.3, 0.4) is 0 Å². The Morgan fingerprint density at radius 3 is 2.12 bits per heavy atom. The predicted octanol–water partition coefficient (Wildman–Crippen LogP) is 8.16. The molecule has 0 aliphatic carbocycles. The molecular weight excluding hydrogens is 565 g/mol. The van der Waals surface area contributed by atoms with Gasteiger partial charge in [0.15, 0.2) is 11.5 Å². The summed E-state index contributed by atoms with van der Waals surface area (Å²) in [7, 11) is 0. The molecule has 1 heterocycles. The SMILES string of the molecule is C[C@H](OC(=O)C1CCCN1C(=O)OC(C)(C)C)c1cccc(OCc2ccccc2Cl)c1OCc1ccccc1Cl. The van der Waals surface area contributed by atoms with E-state index >= 15 is 0 Å². The van der Waals surface area contributed by atoms with Crippen molar-refractivity contribution in [1.29, 1.82) is 0 Å². The van der Waals surface area contributed by atoms with Gasteiger partial charge in [0.05, 0.1) is 0 Å². The highest BCUT2D eigenvalue weighted by molar-refractivity contribution is 6.31. The highest BCUT2D eigenvalue weighted by Crippen LogP contribution is 2.38. The van der Waals surface area contributed by atoms with E-state index in [4.69, 9.17) is 42.1 Å². The van der Waals surface area contributed by atoms with E-state index < -0.39 is 29.8 Å². The summed E-state index contributed by atoms with van der Waals surface area (Å²) in [6, 6.07) is 19.5. The first-order chi connectivity index (χ1) is 19.5. The zero-order valence-corrected chi connectivity index (χ0v) is 25.2. The fraction of sp³-hybridized carbons (Fsp3) is 0.375. The number of hydrogen-bond acceptors (Lipinski definition) is 6. The number of esters is 1. The van der Waals surface area contributed by atoms with Crippen LogP contribution in [0.5, 0.6) is 11.5 Å². The topological polar surface area (TPSA) is 74.3 Å². The lowest BCUT2D eigenvalue weighted by atomic mass is 10.1. The third kappa shape index (κ3) is 8.08. The molecule has 1 saturated heterocycles. The van der Waals surface area contributed by atoms with Gasteiger partial charge in [0.25, 0.3) is 0 Å². The van der Waals surface area contributed by atoms with E-state index in [1.54, 1.807) is 45.9 Å². The molecule has 0 spiro atoms. The van der Waals surface area contributed by atoms with Gasteiger partial charge in [0.2, 0.25) is 0 Å². The summed E-state index contributed by atoms with van der Waals surface area (Å²) < 4.78 is 23.9. The third-order valence-corrected chi connectivity index (χ3v) is 7.30. The van der Waals surface area contributed by atoms with E-state index in [0.29, 0.717) is 46.5 Å². The van der Waals surface area contributed by atoms with Crippen LogP contribution in [0.2, 0.25) is 10.0 Å². The number of nitrogens with zero attached hydrogens (tertiary/aromatic N) is 1. The molecular formula is C32H35Cl2NO6. The summed E-state index contributed by atoms with van der Waals surface area (Å²) in [5.74, 6) is 0.393. The summed E-state index contributed by atoms with van der Waals surface area (Å²) >= 11 is 12.7. The van der Waals surface area contributed by atoms with Crippen molar-refractivity contribution >= 4 is 35.3 Å². The average Bonchev–Trinajstić information content (AvgIpc) is 3.42. The third-order valence-electron chi connectivity index (χ3n) is 6.56. The Morgan fingerprint density at radius 1 is 0.902 bits per heavy atom. The van der Waals surface area contributed by atoms with Crippen LogP contribution in [0, 0.1) is 0 Å². The molecule has 0 saturated carbocycles. The van der Waals surface area contributed by atoms with E-state index in [1.165, 1.54) is 4.90 Å². The van der Waals surface area contributed by atoms with E-state index in [1.807, 2.05) is 48.5 Å². The lowest BCUT2D eigenvalue weighted by molar-refractivity contribution is -0.153. The molecule has 0 N–H and O–H groups in total. The Labute approximate surface area is 251 Å². The second kappa shape index (κ2) is 13.5. The van der Waals surface area contributed by atoms with Gasteiger partial charge in [0.1, 0.15) is 31.0 Å². The number of para-hydroxylation sites is 1. The van der Waals surface area contributed by atoms with Crippen molar-refractivity contribution in [2.75, 3.05) is 6.54 Å². The van der Waals surface area contributed by atoms with Gasteiger partial charge >= 0.3 is 12.1 Å². The van der Waals surface area contributed by atoms with Crippen molar-refractivity contribution in [3.63, 3.8) is 0 Å². The number of ether oxygens (including phenoxy) is 4. The van der Waals surface area contributed by atoms with Crippen molar-refractivity contribution in [2.45, 2.75) is 71.5 Å². The number of halogens is 2. The molecule has 4 rings (SSSR count). The van der Waals surface area contributed by atoms with E-state index in [9.17, 15) is 9.59 Å². The minimum atomic E-state index is -0.723. The molecule has 1 amide bonds. The van der Waals surface area contributed by atoms with Gasteiger partial charge in [-0.15, -0.1) is 0 Å². The van der Waals surface area contributed by atoms with Crippen LogP contribution in [-0.4, -0.2) is 35.2 Å². The Bertz CT molecular complexity index is 1370. The van der Waals surface area contributed by atoms with Crippen molar-refractivity contribution < 1.29 is 28.5 Å². The predicted molar refractivity (Wildman–Crippen MR) is 158 cm³/mol. The second-order valence-corrected chi connectivity index (χ2v) is 11.7. The zero-order chi connectivity index (χ0) is 29.6. The highest BCUT2D eigenvalue weighted by atomic mass is 35.5. The van der Waals surface area contributed by atoms with Gasteiger partial charge in [-0.2, -0.15) is 0 Å². The molecule has 1 aliphatic heterocycles. The van der Waals surface area contributed by atoms with Gasteiger partial charge in [-0.05, 0) is 58.7 Å². The Hall–Kier alpha value is -3.42. The standard InChI is InChI=1S/C32H35Cl2NO6/c1-21(40-30(36)27-16-10-18-35(27)31(37)41-32(2,3)4)24-13-9-17-28(38-19-22-11-5-7-14-25(22)33)29(24)39-20-23-12-6-8-15-26(23)34/h5-9,11-15,17,21,27H,10,16,18-20H2,1-4H3/t21-,27?/m0/s1. The lowest BCUT2D eigenvalue weighted by Crippen LogP contribution is -2.44. The minimum Gasteiger partial charge on any atom is -0.485 e. The number of carbonyl (C=O) groups excluding carboxylic acids is 2. The molecule has 7 nitrogen and oxygen atoms in total. The van der Waals surface area contributed by atoms with Crippen LogP contribution in [0.4, 0.5) is 4.79 Å². The number of carbonyl (C=O) groups is 2. The number of benzene rings is 3. The van der Waals surface area contributed by atoms with Gasteiger partial charge in [0, 0.05) is 33.3 Å². The van der Waals surface area contributed by atoms with Gasteiger partial charge in [-0.1, -0.05) is 71.7 Å². The van der Waals surface area contributed by atoms with Crippen LogP contribution >= 0.6 is 23.2 Å². The maximum absolute atomic E-state index is 13.3. The second-order valence-electron chi connectivity index (χ2n) is 10.8. The minimum absolute atomic E-state index is 0.175. The molecule has 3 aromatic rings. The molecule has 1 unspecified atom stereocenters. The van der Waals surface area contributed by atoms with Crippen LogP contribution in [0.25, 0.3) is 0 Å². The Kier molecular flexibility index (Phi) is 10.1. The van der Waals surface area contributed by atoms with E-state index in [-0.39, 0.29) is 13.2 Å². The average molecular weight is 601 g/mol. The maximum Gasteiger partial charge on any atom is 0.411 e. The van der Waals surface area contributed by atoms with Gasteiger partial charge < -0.3 is 18.9 Å². The van der Waals surface area contributed by atoms with Crippen LogP contribution in [0.15, 0.2) is 66.7 Å². The first-order valence-corrected chi connectivity index (χ1v) is 14.3. The van der Waals surface area contributed by atoms with Crippen LogP contribution in [-0.2, 0) is 27.5 Å². The van der Waals surface area contributed by atoms with Gasteiger partial charge in [-0.3, -0.25) is 4.90 Å². The van der Waals surface area contributed by atoms with Crippen molar-refractivity contribution in [1.82, 2.24) is 4.90 Å². The van der Waals surface area contributed by atoms with E-state index in [0.717, 1.165) is 11.1 Å². The molecule has 218 valence electrons. The monoisotopic (exact) mass is 599 g/mol. The van der Waals surface area contributed by atoms with Crippen LogP contribution in [0.1, 0.15) is 63.3 Å². The van der Waals surface area contributed by atoms with Crippen molar-refractivity contribution in [3.8, 4) is 11.5 Å². The molecule has 41 heavy (non-hydrogen) atoms. The molecule has 3 aromatic carbocycles. The summed E-state index contributed by atoms with van der Waals surface area (Å²) in [6.45, 7) is 7.96. The number of hydrogen-bond donors (Lipinski definition) is 0. The molecule has 2 atom stereocenters. The molecule has 0 radical (unpaired) electrons. The molecule has 1 aliphatic rings. The quantitative estimate of drug-likeness (QED) is 0.231. The molecule has 0 aromatic heterocycles. The summed E-state index contributed by atoms with van der Waals surface area (Å²) in [6.07, 6.45) is -0.0379. The molecule has 9 heteroatoms. The zero-order valence-electron chi connectivity index (χ0n) is 23.7. The normalized spacial score (nSPS) is 15.8. The summed E-state index contributed by atoms with van der Waals surface area (Å²) in [4.78, 5) is 27.5. The lowest BCUT2D eigenvalue weighted by Gasteiger charge is -2.28. The molecule has 0 bridgehead atoms.